The number of hydrogen-bond donors (Lipinski definition) is 0. The molecule has 1 heterocycles. The van der Waals surface area contributed by atoms with Crippen molar-refractivity contribution in [3.05, 3.63) is 59.9 Å². The van der Waals surface area contributed by atoms with E-state index < -0.39 is 0 Å². The molecule has 0 fully saturated rings. The van der Waals surface area contributed by atoms with Crippen molar-refractivity contribution in [2.75, 3.05) is 19.1 Å². The molecule has 0 bridgehead atoms. The Labute approximate surface area is 122 Å². The Morgan fingerprint density at radius 2 is 1.95 bits per heavy atom. The molecule has 1 amide bonds. The standard InChI is InChI=1S/C16H15FN2O2/c1-19(14-4-3-5-15(18-14)21-2)16(20)11-8-12-6-9-13(17)10-7-12/h3-11H,1-2H3. The van der Waals surface area contributed by atoms with E-state index in [0.717, 1.165) is 5.56 Å². The average molecular weight is 286 g/mol. The van der Waals surface area contributed by atoms with Crippen LogP contribution in [0.1, 0.15) is 5.56 Å². The summed E-state index contributed by atoms with van der Waals surface area (Å²) in [5.41, 5.74) is 0.747. The van der Waals surface area contributed by atoms with Crippen LogP contribution >= 0.6 is 0 Å². The predicted octanol–water partition coefficient (Wildman–Crippen LogP) is 2.91. The van der Waals surface area contributed by atoms with E-state index in [4.69, 9.17) is 4.74 Å². The van der Waals surface area contributed by atoms with Crippen molar-refractivity contribution in [2.24, 2.45) is 0 Å². The summed E-state index contributed by atoms with van der Waals surface area (Å²) in [5.74, 6) is 0.383. The van der Waals surface area contributed by atoms with Gasteiger partial charge >= 0.3 is 0 Å². The summed E-state index contributed by atoms with van der Waals surface area (Å²) < 4.78 is 17.8. The normalized spacial score (nSPS) is 10.6. The van der Waals surface area contributed by atoms with Crippen molar-refractivity contribution < 1.29 is 13.9 Å². The number of amides is 1. The SMILES string of the molecule is COc1cccc(N(C)C(=O)C=Cc2ccc(F)cc2)n1. The van der Waals surface area contributed by atoms with Crippen molar-refractivity contribution >= 4 is 17.8 Å². The number of aromatic nitrogens is 1. The van der Waals surface area contributed by atoms with E-state index in [1.165, 1.54) is 30.2 Å². The second-order valence-corrected chi connectivity index (χ2v) is 4.32. The van der Waals surface area contributed by atoms with Crippen LogP contribution in [0.25, 0.3) is 6.08 Å². The molecule has 0 radical (unpaired) electrons. The summed E-state index contributed by atoms with van der Waals surface area (Å²) in [6.45, 7) is 0. The Balaban J connectivity index is 2.10. The number of benzene rings is 1. The van der Waals surface area contributed by atoms with E-state index in [1.54, 1.807) is 43.5 Å². The molecule has 21 heavy (non-hydrogen) atoms. The molecule has 4 nitrogen and oxygen atoms in total. The van der Waals surface area contributed by atoms with Gasteiger partial charge in [0.25, 0.3) is 5.91 Å². The van der Waals surface area contributed by atoms with Gasteiger partial charge in [0.1, 0.15) is 11.6 Å². The molecule has 0 atom stereocenters. The van der Waals surface area contributed by atoms with Crippen LogP contribution in [0.2, 0.25) is 0 Å². The number of ether oxygens (including phenoxy) is 1. The number of hydrogen-bond acceptors (Lipinski definition) is 3. The van der Waals surface area contributed by atoms with Crippen LogP contribution < -0.4 is 9.64 Å². The van der Waals surface area contributed by atoms with Gasteiger partial charge in [0.2, 0.25) is 5.88 Å². The highest BCUT2D eigenvalue weighted by Gasteiger charge is 2.09. The van der Waals surface area contributed by atoms with E-state index >= 15 is 0 Å². The zero-order valence-electron chi connectivity index (χ0n) is 11.8. The van der Waals surface area contributed by atoms with Crippen molar-refractivity contribution in [1.29, 1.82) is 0 Å². The second-order valence-electron chi connectivity index (χ2n) is 4.32. The van der Waals surface area contributed by atoms with Gasteiger partial charge in [0, 0.05) is 19.2 Å². The Kier molecular flexibility index (Phi) is 4.66. The molecule has 1 aromatic heterocycles. The zero-order valence-corrected chi connectivity index (χ0v) is 11.8. The Morgan fingerprint density at radius 1 is 1.24 bits per heavy atom. The third-order valence-corrected chi connectivity index (χ3v) is 2.88. The lowest BCUT2D eigenvalue weighted by molar-refractivity contribution is -0.113. The highest BCUT2D eigenvalue weighted by molar-refractivity contribution is 6.02. The van der Waals surface area contributed by atoms with E-state index in [9.17, 15) is 9.18 Å². The van der Waals surface area contributed by atoms with Crippen LogP contribution in [0, 0.1) is 5.82 Å². The summed E-state index contributed by atoms with van der Waals surface area (Å²) in [5, 5.41) is 0. The molecule has 0 saturated heterocycles. The number of pyridine rings is 1. The molecule has 108 valence electrons. The van der Waals surface area contributed by atoms with Gasteiger partial charge in [-0.25, -0.2) is 4.39 Å². The van der Waals surface area contributed by atoms with E-state index in [0.29, 0.717) is 11.7 Å². The number of anilines is 1. The number of likely N-dealkylation sites (N-methyl/N-ethyl adjacent to an activating group) is 1. The fourth-order valence-corrected chi connectivity index (χ4v) is 1.67. The Hall–Kier alpha value is -2.69. The summed E-state index contributed by atoms with van der Waals surface area (Å²) in [6.07, 6.45) is 3.03. The topological polar surface area (TPSA) is 42.4 Å². The number of carbonyl (C=O) groups is 1. The third kappa shape index (κ3) is 3.89. The van der Waals surface area contributed by atoms with Gasteiger partial charge in [0.15, 0.2) is 0 Å². The van der Waals surface area contributed by atoms with Gasteiger partial charge in [-0.2, -0.15) is 4.98 Å². The molecule has 5 heteroatoms. The number of rotatable bonds is 4. The first-order chi connectivity index (χ1) is 10.1. The molecule has 2 rings (SSSR count). The zero-order chi connectivity index (χ0) is 15.2. The van der Waals surface area contributed by atoms with Crippen molar-refractivity contribution in [2.45, 2.75) is 0 Å². The van der Waals surface area contributed by atoms with Crippen LogP contribution in [0.15, 0.2) is 48.5 Å². The molecule has 0 aliphatic heterocycles. The Morgan fingerprint density at radius 3 is 2.62 bits per heavy atom. The molecule has 0 aliphatic rings. The number of methoxy groups -OCH3 is 1. The molecule has 0 saturated carbocycles. The molecule has 0 unspecified atom stereocenters. The molecule has 1 aromatic carbocycles. The fraction of sp³-hybridized carbons (Fsp3) is 0.125. The Bertz CT molecular complexity index is 654. The summed E-state index contributed by atoms with van der Waals surface area (Å²) in [7, 11) is 3.14. The van der Waals surface area contributed by atoms with E-state index in [-0.39, 0.29) is 11.7 Å². The van der Waals surface area contributed by atoms with Crippen molar-refractivity contribution in [1.82, 2.24) is 4.98 Å². The fourth-order valence-electron chi connectivity index (χ4n) is 1.67. The van der Waals surface area contributed by atoms with Crippen LogP contribution in [-0.4, -0.2) is 25.0 Å². The molecular weight excluding hydrogens is 271 g/mol. The molecule has 0 N–H and O–H groups in total. The molecule has 0 spiro atoms. The van der Waals surface area contributed by atoms with Crippen LogP contribution in [0.5, 0.6) is 5.88 Å². The monoisotopic (exact) mass is 286 g/mol. The largest absolute Gasteiger partial charge is 0.481 e. The minimum absolute atomic E-state index is 0.236. The lowest BCUT2D eigenvalue weighted by Gasteiger charge is -2.14. The summed E-state index contributed by atoms with van der Waals surface area (Å²) in [4.78, 5) is 17.7. The minimum Gasteiger partial charge on any atom is -0.481 e. The van der Waals surface area contributed by atoms with E-state index in [1.807, 2.05) is 0 Å². The van der Waals surface area contributed by atoms with Crippen molar-refractivity contribution in [3.63, 3.8) is 0 Å². The number of nitrogens with zero attached hydrogens (tertiary/aromatic N) is 2. The quantitative estimate of drug-likeness (QED) is 0.812. The number of carbonyl (C=O) groups excluding carboxylic acids is 1. The molecule has 2 aromatic rings. The number of halogens is 1. The third-order valence-electron chi connectivity index (χ3n) is 2.88. The highest BCUT2D eigenvalue weighted by Crippen LogP contribution is 2.15. The minimum atomic E-state index is -0.309. The lowest BCUT2D eigenvalue weighted by atomic mass is 10.2. The van der Waals surface area contributed by atoms with Gasteiger partial charge in [-0.05, 0) is 29.8 Å². The average Bonchev–Trinajstić information content (AvgIpc) is 2.53. The lowest BCUT2D eigenvalue weighted by Crippen LogP contribution is -2.24. The first kappa shape index (κ1) is 14.7. The molecule has 0 aliphatic carbocycles. The van der Waals surface area contributed by atoms with Crippen LogP contribution in [0.4, 0.5) is 10.2 Å². The van der Waals surface area contributed by atoms with Gasteiger partial charge in [-0.15, -0.1) is 0 Å². The summed E-state index contributed by atoms with van der Waals surface area (Å²) in [6, 6.07) is 11.1. The summed E-state index contributed by atoms with van der Waals surface area (Å²) >= 11 is 0. The first-order valence-electron chi connectivity index (χ1n) is 6.32. The van der Waals surface area contributed by atoms with Gasteiger partial charge in [0.05, 0.1) is 7.11 Å². The van der Waals surface area contributed by atoms with E-state index in [2.05, 4.69) is 4.98 Å². The molecular formula is C16H15FN2O2. The maximum atomic E-state index is 12.8. The maximum absolute atomic E-state index is 12.8. The second kappa shape index (κ2) is 6.65. The predicted molar refractivity (Wildman–Crippen MR) is 79.6 cm³/mol. The van der Waals surface area contributed by atoms with Gasteiger partial charge in [-0.1, -0.05) is 18.2 Å². The van der Waals surface area contributed by atoms with Gasteiger partial charge in [-0.3, -0.25) is 9.69 Å². The smallest absolute Gasteiger partial charge is 0.251 e. The maximum Gasteiger partial charge on any atom is 0.251 e. The van der Waals surface area contributed by atoms with Crippen molar-refractivity contribution in [3.8, 4) is 5.88 Å². The van der Waals surface area contributed by atoms with Crippen LogP contribution in [0.3, 0.4) is 0 Å². The highest BCUT2D eigenvalue weighted by atomic mass is 19.1. The van der Waals surface area contributed by atoms with Crippen LogP contribution in [-0.2, 0) is 4.79 Å². The first-order valence-corrected chi connectivity index (χ1v) is 6.32. The van der Waals surface area contributed by atoms with Gasteiger partial charge < -0.3 is 4.74 Å².